The summed E-state index contributed by atoms with van der Waals surface area (Å²) in [7, 11) is 0. The van der Waals surface area contributed by atoms with Gasteiger partial charge in [0.15, 0.2) is 0 Å². The molecule has 0 spiro atoms. The van der Waals surface area contributed by atoms with Crippen molar-refractivity contribution >= 4 is 0 Å². The Balaban J connectivity index is 1.87. The fraction of sp³-hybridized carbons (Fsp3) is 0.706. The van der Waals surface area contributed by atoms with Gasteiger partial charge in [-0.25, -0.2) is 0 Å². The molecule has 0 saturated heterocycles. The molecule has 1 aromatic heterocycles. The van der Waals surface area contributed by atoms with Gasteiger partial charge in [0.2, 0.25) is 0 Å². The van der Waals surface area contributed by atoms with E-state index in [1.807, 2.05) is 18.3 Å². The van der Waals surface area contributed by atoms with Gasteiger partial charge in [-0.15, -0.1) is 0 Å². The zero-order valence-corrected chi connectivity index (χ0v) is 13.0. The highest BCUT2D eigenvalue weighted by molar-refractivity contribution is 5.20. The Kier molecular flexibility index (Phi) is 5.41. The minimum Gasteiger partial charge on any atom is -0.489 e. The fourth-order valence-electron chi connectivity index (χ4n) is 2.81. The molecule has 1 fully saturated rings. The molecule has 20 heavy (non-hydrogen) atoms. The Morgan fingerprint density at radius 1 is 1.30 bits per heavy atom. The van der Waals surface area contributed by atoms with Crippen molar-refractivity contribution in [1.82, 2.24) is 4.98 Å². The second-order valence-electron chi connectivity index (χ2n) is 6.37. The van der Waals surface area contributed by atoms with Crippen molar-refractivity contribution in [3.63, 3.8) is 0 Å². The van der Waals surface area contributed by atoms with Crippen molar-refractivity contribution in [1.29, 1.82) is 0 Å². The van der Waals surface area contributed by atoms with E-state index in [0.717, 1.165) is 49.0 Å². The quantitative estimate of drug-likeness (QED) is 0.894. The molecule has 0 amide bonds. The highest BCUT2D eigenvalue weighted by Gasteiger charge is 2.25. The molecule has 1 aromatic rings. The topological polar surface area (TPSA) is 48.1 Å². The molecule has 0 aromatic carbocycles. The van der Waals surface area contributed by atoms with Crippen LogP contribution in [0.1, 0.15) is 52.1 Å². The van der Waals surface area contributed by atoms with Crippen molar-refractivity contribution < 1.29 is 4.74 Å². The number of aromatic nitrogens is 1. The van der Waals surface area contributed by atoms with E-state index in [-0.39, 0.29) is 6.04 Å². The summed E-state index contributed by atoms with van der Waals surface area (Å²) in [6.07, 6.45) is 7.61. The third-order valence-corrected chi connectivity index (χ3v) is 4.65. The molecule has 4 atom stereocenters. The number of hydrogen-bond donors (Lipinski definition) is 1. The molecule has 3 nitrogen and oxygen atoms in total. The van der Waals surface area contributed by atoms with Crippen LogP contribution in [0.5, 0.6) is 5.75 Å². The van der Waals surface area contributed by atoms with Gasteiger partial charge >= 0.3 is 0 Å². The van der Waals surface area contributed by atoms with E-state index in [1.54, 1.807) is 0 Å². The fourth-order valence-corrected chi connectivity index (χ4v) is 2.81. The zero-order valence-electron chi connectivity index (χ0n) is 13.0. The summed E-state index contributed by atoms with van der Waals surface area (Å²) in [6, 6.07) is 4.28. The smallest absolute Gasteiger partial charge is 0.138 e. The third-order valence-electron chi connectivity index (χ3n) is 4.65. The average Bonchev–Trinajstić information content (AvgIpc) is 2.45. The van der Waals surface area contributed by atoms with Gasteiger partial charge in [0.25, 0.3) is 0 Å². The van der Waals surface area contributed by atoms with E-state index < -0.39 is 0 Å². The Morgan fingerprint density at radius 3 is 2.70 bits per heavy atom. The number of rotatable bonds is 5. The Labute approximate surface area is 122 Å². The predicted octanol–water partition coefficient (Wildman–Crippen LogP) is 3.56. The monoisotopic (exact) mass is 276 g/mol. The van der Waals surface area contributed by atoms with Crippen LogP contribution < -0.4 is 10.5 Å². The Morgan fingerprint density at radius 2 is 2.10 bits per heavy atom. The molecule has 0 radical (unpaired) electrons. The lowest BCUT2D eigenvalue weighted by Crippen LogP contribution is -2.28. The number of pyridine rings is 1. The summed E-state index contributed by atoms with van der Waals surface area (Å²) < 4.78 is 6.07. The second kappa shape index (κ2) is 7.07. The van der Waals surface area contributed by atoms with Crippen LogP contribution in [0.3, 0.4) is 0 Å². The molecule has 0 aliphatic heterocycles. The van der Waals surface area contributed by atoms with Crippen LogP contribution in [0.4, 0.5) is 0 Å². The molecular formula is C17H28N2O. The first-order valence-electron chi connectivity index (χ1n) is 7.95. The largest absolute Gasteiger partial charge is 0.489 e. The normalized spacial score (nSPS) is 28.1. The van der Waals surface area contributed by atoms with Gasteiger partial charge in [0.05, 0.1) is 12.3 Å². The lowest BCUT2D eigenvalue weighted by atomic mass is 9.80. The maximum atomic E-state index is 6.07. The van der Waals surface area contributed by atoms with Crippen molar-refractivity contribution in [3.05, 3.63) is 24.0 Å². The Bertz CT molecular complexity index is 404. The maximum absolute atomic E-state index is 6.07. The minimum atomic E-state index is 0.204. The van der Waals surface area contributed by atoms with Crippen LogP contribution >= 0.6 is 0 Å². The molecule has 1 saturated carbocycles. The molecule has 112 valence electrons. The van der Waals surface area contributed by atoms with Gasteiger partial charge in [-0.3, -0.25) is 4.98 Å². The number of nitrogens with zero attached hydrogens (tertiary/aromatic N) is 1. The molecule has 0 bridgehead atoms. The van der Waals surface area contributed by atoms with Crippen molar-refractivity contribution in [2.24, 2.45) is 17.6 Å². The summed E-state index contributed by atoms with van der Waals surface area (Å²) in [5.74, 6) is 2.47. The number of ether oxygens (including phenoxy) is 1. The van der Waals surface area contributed by atoms with E-state index >= 15 is 0 Å². The lowest BCUT2D eigenvalue weighted by Gasteiger charge is -2.32. The zero-order chi connectivity index (χ0) is 14.5. The summed E-state index contributed by atoms with van der Waals surface area (Å²) in [5.41, 5.74) is 7.00. The Hall–Kier alpha value is -1.09. The lowest BCUT2D eigenvalue weighted by molar-refractivity contribution is 0.100. The summed E-state index contributed by atoms with van der Waals surface area (Å²) in [6.45, 7) is 6.77. The first-order valence-corrected chi connectivity index (χ1v) is 7.95. The van der Waals surface area contributed by atoms with E-state index in [1.165, 1.54) is 6.42 Å². The van der Waals surface area contributed by atoms with Crippen molar-refractivity contribution in [3.8, 4) is 5.75 Å². The molecule has 1 heterocycles. The number of nitrogens with two attached hydrogens (primary N) is 1. The first-order chi connectivity index (χ1) is 9.58. The maximum Gasteiger partial charge on any atom is 0.138 e. The molecule has 2 N–H and O–H groups in total. The van der Waals surface area contributed by atoms with E-state index in [4.69, 9.17) is 10.5 Å². The van der Waals surface area contributed by atoms with Crippen LogP contribution in [0.25, 0.3) is 0 Å². The van der Waals surface area contributed by atoms with Crippen molar-refractivity contribution in [2.75, 3.05) is 0 Å². The van der Waals surface area contributed by atoms with Gasteiger partial charge in [0.1, 0.15) is 5.75 Å². The second-order valence-corrected chi connectivity index (χ2v) is 6.37. The van der Waals surface area contributed by atoms with Crippen LogP contribution in [0, 0.1) is 11.8 Å². The molecule has 2 rings (SSSR count). The molecule has 4 unspecified atom stereocenters. The first kappa shape index (κ1) is 15.3. The third kappa shape index (κ3) is 4.20. The summed E-state index contributed by atoms with van der Waals surface area (Å²) in [4.78, 5) is 4.46. The van der Waals surface area contributed by atoms with Gasteiger partial charge in [-0.1, -0.05) is 20.8 Å². The molecular weight excluding hydrogens is 248 g/mol. The predicted molar refractivity (Wildman–Crippen MR) is 82.8 cm³/mol. The van der Waals surface area contributed by atoms with E-state index in [2.05, 4.69) is 25.8 Å². The average molecular weight is 276 g/mol. The van der Waals surface area contributed by atoms with E-state index in [9.17, 15) is 0 Å². The van der Waals surface area contributed by atoms with Crippen molar-refractivity contribution in [2.45, 2.75) is 65.0 Å². The molecule has 3 heteroatoms. The van der Waals surface area contributed by atoms with Crippen LogP contribution in [0.15, 0.2) is 18.3 Å². The van der Waals surface area contributed by atoms with Gasteiger partial charge < -0.3 is 10.5 Å². The SMILES string of the molecule is CCC(N)Cc1ccc(OC2CCC(C)C(C)C2)cn1. The standard InChI is InChI=1S/C17H28N2O/c1-4-14(18)10-15-6-8-17(11-19-15)20-16-7-5-12(2)13(3)9-16/h6,8,11-14,16H,4-5,7,9-10,18H2,1-3H3. The van der Waals surface area contributed by atoms with E-state index in [0.29, 0.717) is 6.10 Å². The highest BCUT2D eigenvalue weighted by atomic mass is 16.5. The highest BCUT2D eigenvalue weighted by Crippen LogP contribution is 2.31. The van der Waals surface area contributed by atoms with Crippen LogP contribution in [-0.2, 0) is 6.42 Å². The minimum absolute atomic E-state index is 0.204. The van der Waals surface area contributed by atoms with Crippen LogP contribution in [0.2, 0.25) is 0 Å². The molecule has 1 aliphatic rings. The molecule has 1 aliphatic carbocycles. The summed E-state index contributed by atoms with van der Waals surface area (Å²) >= 11 is 0. The summed E-state index contributed by atoms with van der Waals surface area (Å²) in [5, 5.41) is 0. The van der Waals surface area contributed by atoms with Gasteiger partial charge in [-0.2, -0.15) is 0 Å². The van der Waals surface area contributed by atoms with Crippen LogP contribution in [-0.4, -0.2) is 17.1 Å². The number of hydrogen-bond acceptors (Lipinski definition) is 3. The van der Waals surface area contributed by atoms with Gasteiger partial charge in [0, 0.05) is 18.2 Å². The van der Waals surface area contributed by atoms with Gasteiger partial charge in [-0.05, 0) is 49.7 Å².